The van der Waals surface area contributed by atoms with E-state index in [4.69, 9.17) is 5.11 Å². The summed E-state index contributed by atoms with van der Waals surface area (Å²) in [6.45, 7) is 1.54. The monoisotopic (exact) mass is 328 g/mol. The number of carboxylic acid groups (broad SMARTS) is 1. The Hall–Kier alpha value is -1.07. The van der Waals surface area contributed by atoms with E-state index < -0.39 is 5.97 Å². The van der Waals surface area contributed by atoms with Crippen LogP contribution in [-0.4, -0.2) is 21.9 Å². The number of benzene rings is 1. The van der Waals surface area contributed by atoms with E-state index in [9.17, 15) is 9.59 Å². The lowest BCUT2D eigenvalue weighted by Crippen LogP contribution is -1.97. The second kappa shape index (κ2) is 7.38. The SMILES string of the molecule is CC(=O)SCCC=Cc1ccc(Br)c(C(=O)O)c1. The van der Waals surface area contributed by atoms with Crippen LogP contribution in [0, 0.1) is 0 Å². The minimum Gasteiger partial charge on any atom is -0.478 e. The number of halogens is 1. The van der Waals surface area contributed by atoms with Gasteiger partial charge in [0.2, 0.25) is 0 Å². The molecular weight excluding hydrogens is 316 g/mol. The average molecular weight is 329 g/mol. The molecule has 0 bridgehead atoms. The van der Waals surface area contributed by atoms with Gasteiger partial charge in [-0.1, -0.05) is 30.0 Å². The fourth-order valence-electron chi connectivity index (χ4n) is 1.30. The highest BCUT2D eigenvalue weighted by atomic mass is 79.9. The predicted octanol–water partition coefficient (Wildman–Crippen LogP) is 3.83. The van der Waals surface area contributed by atoms with E-state index in [2.05, 4.69) is 15.9 Å². The van der Waals surface area contributed by atoms with Crippen LogP contribution in [0.5, 0.6) is 0 Å². The van der Waals surface area contributed by atoms with E-state index in [1.54, 1.807) is 19.1 Å². The molecule has 1 rings (SSSR count). The van der Waals surface area contributed by atoms with E-state index in [1.807, 2.05) is 18.2 Å². The Morgan fingerprint density at radius 1 is 1.44 bits per heavy atom. The third-order valence-electron chi connectivity index (χ3n) is 2.12. The first-order chi connectivity index (χ1) is 8.50. The first-order valence-corrected chi connectivity index (χ1v) is 7.11. The summed E-state index contributed by atoms with van der Waals surface area (Å²) in [6, 6.07) is 5.17. The van der Waals surface area contributed by atoms with E-state index in [0.29, 0.717) is 4.47 Å². The van der Waals surface area contributed by atoms with Gasteiger partial charge in [0.25, 0.3) is 0 Å². The highest BCUT2D eigenvalue weighted by Gasteiger charge is 2.07. The molecule has 1 aromatic carbocycles. The summed E-state index contributed by atoms with van der Waals surface area (Å²) in [6.07, 6.45) is 4.58. The van der Waals surface area contributed by atoms with Gasteiger partial charge in [0.1, 0.15) is 0 Å². The lowest BCUT2D eigenvalue weighted by molar-refractivity contribution is -0.109. The van der Waals surface area contributed by atoms with Crippen molar-refractivity contribution in [2.24, 2.45) is 0 Å². The number of thioether (sulfide) groups is 1. The van der Waals surface area contributed by atoms with Gasteiger partial charge in [-0.3, -0.25) is 4.79 Å². The van der Waals surface area contributed by atoms with Crippen LogP contribution in [0.1, 0.15) is 29.3 Å². The summed E-state index contributed by atoms with van der Waals surface area (Å²) in [5, 5.41) is 9.08. The maximum atomic E-state index is 10.9. The molecule has 0 saturated heterocycles. The number of allylic oxidation sites excluding steroid dienone is 1. The minimum absolute atomic E-state index is 0.111. The normalized spacial score (nSPS) is 10.8. The molecule has 0 saturated carbocycles. The van der Waals surface area contributed by atoms with Crippen molar-refractivity contribution in [3.8, 4) is 0 Å². The summed E-state index contributed by atoms with van der Waals surface area (Å²) in [5.41, 5.74) is 1.08. The number of rotatable bonds is 5. The molecule has 0 aliphatic carbocycles. The molecule has 5 heteroatoms. The topological polar surface area (TPSA) is 54.4 Å². The molecule has 0 atom stereocenters. The van der Waals surface area contributed by atoms with Crippen molar-refractivity contribution in [2.45, 2.75) is 13.3 Å². The van der Waals surface area contributed by atoms with Crippen molar-refractivity contribution in [3.63, 3.8) is 0 Å². The summed E-state index contributed by atoms with van der Waals surface area (Å²) in [4.78, 5) is 21.6. The molecule has 18 heavy (non-hydrogen) atoms. The van der Waals surface area contributed by atoms with Crippen molar-refractivity contribution in [2.75, 3.05) is 5.75 Å². The molecule has 0 amide bonds. The van der Waals surface area contributed by atoms with Crippen LogP contribution in [0.4, 0.5) is 0 Å². The Bertz CT molecular complexity index is 483. The van der Waals surface area contributed by atoms with E-state index >= 15 is 0 Å². The molecule has 0 radical (unpaired) electrons. The summed E-state index contributed by atoms with van der Waals surface area (Å²) in [7, 11) is 0. The number of aromatic carboxylic acids is 1. The molecule has 0 heterocycles. The molecule has 0 aliphatic heterocycles. The van der Waals surface area contributed by atoms with Crippen LogP contribution in [0.3, 0.4) is 0 Å². The maximum absolute atomic E-state index is 10.9. The Morgan fingerprint density at radius 3 is 2.78 bits per heavy atom. The molecule has 1 aromatic rings. The zero-order valence-electron chi connectivity index (χ0n) is 9.85. The van der Waals surface area contributed by atoms with Crippen molar-refractivity contribution in [1.82, 2.24) is 0 Å². The van der Waals surface area contributed by atoms with E-state index in [0.717, 1.165) is 17.7 Å². The third kappa shape index (κ3) is 5.06. The van der Waals surface area contributed by atoms with Crippen LogP contribution in [0.25, 0.3) is 6.08 Å². The number of carboxylic acids is 1. The van der Waals surface area contributed by atoms with E-state index in [1.165, 1.54) is 11.8 Å². The Morgan fingerprint density at radius 2 is 2.17 bits per heavy atom. The molecule has 0 aliphatic rings. The lowest BCUT2D eigenvalue weighted by atomic mass is 10.1. The van der Waals surface area contributed by atoms with Gasteiger partial charge in [-0.05, 0) is 40.0 Å². The van der Waals surface area contributed by atoms with Gasteiger partial charge in [-0.2, -0.15) is 0 Å². The van der Waals surface area contributed by atoms with Crippen LogP contribution in [-0.2, 0) is 4.79 Å². The number of hydrogen-bond donors (Lipinski definition) is 1. The fourth-order valence-corrected chi connectivity index (χ4v) is 2.26. The summed E-state index contributed by atoms with van der Waals surface area (Å²) < 4.78 is 0.569. The highest BCUT2D eigenvalue weighted by molar-refractivity contribution is 9.10. The van der Waals surface area contributed by atoms with Gasteiger partial charge in [0.15, 0.2) is 5.12 Å². The minimum atomic E-state index is -0.954. The van der Waals surface area contributed by atoms with Crippen LogP contribution in [0.2, 0.25) is 0 Å². The Balaban J connectivity index is 2.62. The zero-order chi connectivity index (χ0) is 13.5. The van der Waals surface area contributed by atoms with Crippen LogP contribution >= 0.6 is 27.7 Å². The number of carbonyl (C=O) groups is 2. The molecule has 0 spiro atoms. The Kier molecular flexibility index (Phi) is 6.15. The smallest absolute Gasteiger partial charge is 0.336 e. The predicted molar refractivity (Wildman–Crippen MR) is 77.9 cm³/mol. The second-order valence-electron chi connectivity index (χ2n) is 3.58. The maximum Gasteiger partial charge on any atom is 0.336 e. The molecule has 0 fully saturated rings. The zero-order valence-corrected chi connectivity index (χ0v) is 12.3. The van der Waals surface area contributed by atoms with Crippen molar-refractivity contribution in [3.05, 3.63) is 39.9 Å². The third-order valence-corrected chi connectivity index (χ3v) is 3.66. The van der Waals surface area contributed by atoms with Gasteiger partial charge >= 0.3 is 5.97 Å². The Labute approximate surface area is 118 Å². The largest absolute Gasteiger partial charge is 0.478 e. The van der Waals surface area contributed by atoms with Gasteiger partial charge in [0, 0.05) is 17.1 Å². The van der Waals surface area contributed by atoms with Crippen LogP contribution < -0.4 is 0 Å². The standard InChI is InChI=1S/C13H13BrO3S/c1-9(15)18-7-3-2-4-10-5-6-12(14)11(8-10)13(16)17/h2,4-6,8H,3,7H2,1H3,(H,16,17). The van der Waals surface area contributed by atoms with Crippen molar-refractivity contribution in [1.29, 1.82) is 0 Å². The molecule has 1 N–H and O–H groups in total. The summed E-state index contributed by atoms with van der Waals surface area (Å²) in [5.74, 6) is -0.210. The second-order valence-corrected chi connectivity index (χ2v) is 5.70. The van der Waals surface area contributed by atoms with E-state index in [-0.39, 0.29) is 10.7 Å². The van der Waals surface area contributed by atoms with Crippen LogP contribution in [0.15, 0.2) is 28.7 Å². The fraction of sp³-hybridized carbons (Fsp3) is 0.231. The molecule has 96 valence electrons. The summed E-state index contributed by atoms with van der Waals surface area (Å²) >= 11 is 4.48. The van der Waals surface area contributed by atoms with Gasteiger partial charge in [-0.15, -0.1) is 0 Å². The average Bonchev–Trinajstić information content (AvgIpc) is 2.30. The van der Waals surface area contributed by atoms with Gasteiger partial charge < -0.3 is 5.11 Å². The first-order valence-electron chi connectivity index (χ1n) is 5.33. The molecule has 3 nitrogen and oxygen atoms in total. The van der Waals surface area contributed by atoms with Crippen molar-refractivity contribution >= 4 is 44.9 Å². The van der Waals surface area contributed by atoms with Gasteiger partial charge in [-0.25, -0.2) is 4.79 Å². The number of hydrogen-bond acceptors (Lipinski definition) is 3. The lowest BCUT2D eigenvalue weighted by Gasteiger charge is -2.00. The van der Waals surface area contributed by atoms with Gasteiger partial charge in [0.05, 0.1) is 5.56 Å². The molecule has 0 aromatic heterocycles. The van der Waals surface area contributed by atoms with Crippen molar-refractivity contribution < 1.29 is 14.7 Å². The molecule has 0 unspecified atom stereocenters. The molecular formula is C13H13BrO3S. The highest BCUT2D eigenvalue weighted by Crippen LogP contribution is 2.19. The quantitative estimate of drug-likeness (QED) is 0.834. The first kappa shape index (κ1) is 15.0. The number of carbonyl (C=O) groups excluding carboxylic acids is 1.